The quantitative estimate of drug-likeness (QED) is 0.434. The maximum Gasteiger partial charge on any atom is 0.0485 e. The average molecular weight is 370 g/mol. The molecular formula is C20H22BrSi. The zero-order valence-corrected chi connectivity index (χ0v) is 16.3. The summed E-state index contributed by atoms with van der Waals surface area (Å²) >= 11 is 3.66. The average Bonchev–Trinajstić information content (AvgIpc) is 2.49. The molecule has 0 nitrogen and oxygen atoms in total. The van der Waals surface area contributed by atoms with E-state index in [1.807, 2.05) is 6.07 Å². The van der Waals surface area contributed by atoms with Crippen molar-refractivity contribution >= 4 is 24.7 Å². The second kappa shape index (κ2) is 7.31. The maximum absolute atomic E-state index is 3.66. The van der Waals surface area contributed by atoms with Gasteiger partial charge in [0.25, 0.3) is 0 Å². The minimum Gasteiger partial charge on any atom is -0.0976 e. The molecule has 0 heterocycles. The van der Waals surface area contributed by atoms with E-state index in [1.165, 1.54) is 11.1 Å². The molecule has 0 saturated heterocycles. The zero-order valence-electron chi connectivity index (χ0n) is 13.7. The van der Waals surface area contributed by atoms with E-state index >= 15 is 0 Å². The first-order valence-corrected chi connectivity index (χ1v) is 10.8. The lowest BCUT2D eigenvalue weighted by Crippen LogP contribution is -2.20. The second-order valence-electron chi connectivity index (χ2n) is 6.42. The molecule has 0 spiro atoms. The topological polar surface area (TPSA) is 0 Å². The zero-order chi connectivity index (χ0) is 16.2. The number of rotatable bonds is 3. The normalized spacial score (nSPS) is 11.2. The van der Waals surface area contributed by atoms with Crippen LogP contribution in [0.5, 0.6) is 0 Å². The highest BCUT2D eigenvalue weighted by Crippen LogP contribution is 2.32. The summed E-state index contributed by atoms with van der Waals surface area (Å²) in [6.45, 7) is 9.36. The van der Waals surface area contributed by atoms with E-state index in [4.69, 9.17) is 0 Å². The lowest BCUT2D eigenvalue weighted by Gasteiger charge is -2.25. The number of benzene rings is 2. The van der Waals surface area contributed by atoms with Crippen LogP contribution < -0.4 is 0 Å². The third-order valence-corrected chi connectivity index (χ3v) is 7.72. The highest BCUT2D eigenvalue weighted by molar-refractivity contribution is 9.10. The van der Waals surface area contributed by atoms with Crippen molar-refractivity contribution in [2.45, 2.75) is 38.4 Å². The predicted octanol–water partition coefficient (Wildman–Crippen LogP) is 6.39. The standard InChI is InChI=1S/C20H22BrSi/c1-20(2,22(3)4)14-8-11-17-12-13-18(15-19(17)21)16-9-6-5-7-10-16/h5-7,9-10,12-13,15H,14H2,1-4H3. The molecule has 0 aliphatic rings. The van der Waals surface area contributed by atoms with Gasteiger partial charge in [0.2, 0.25) is 0 Å². The number of hydrogen-bond donors (Lipinski definition) is 0. The maximum atomic E-state index is 3.66. The summed E-state index contributed by atoms with van der Waals surface area (Å²) in [6.07, 6.45) is 0.959. The molecule has 0 aliphatic carbocycles. The van der Waals surface area contributed by atoms with Gasteiger partial charge < -0.3 is 0 Å². The van der Waals surface area contributed by atoms with Gasteiger partial charge in [0.1, 0.15) is 0 Å². The smallest absolute Gasteiger partial charge is 0.0485 e. The van der Waals surface area contributed by atoms with Crippen molar-refractivity contribution in [1.82, 2.24) is 0 Å². The van der Waals surface area contributed by atoms with Crippen molar-refractivity contribution in [2.24, 2.45) is 0 Å². The summed E-state index contributed by atoms with van der Waals surface area (Å²) in [5.41, 5.74) is 3.51. The fourth-order valence-electron chi connectivity index (χ4n) is 1.96. The molecule has 0 aliphatic heterocycles. The van der Waals surface area contributed by atoms with Gasteiger partial charge in [-0.25, -0.2) is 0 Å². The molecule has 0 amide bonds. The molecule has 0 aromatic heterocycles. The van der Waals surface area contributed by atoms with Crippen LogP contribution in [0.2, 0.25) is 18.1 Å². The molecule has 0 unspecified atom stereocenters. The highest BCUT2D eigenvalue weighted by Gasteiger charge is 2.22. The Hall–Kier alpha value is -1.30. The molecule has 1 radical (unpaired) electrons. The summed E-state index contributed by atoms with van der Waals surface area (Å²) in [5.74, 6) is 6.69. The van der Waals surface area contributed by atoms with Gasteiger partial charge in [-0.15, -0.1) is 0 Å². The minimum atomic E-state index is -0.331. The first kappa shape index (κ1) is 17.1. The van der Waals surface area contributed by atoms with E-state index in [-0.39, 0.29) is 8.80 Å². The van der Waals surface area contributed by atoms with Crippen LogP contribution in [0.3, 0.4) is 0 Å². The van der Waals surface area contributed by atoms with Crippen molar-refractivity contribution < 1.29 is 0 Å². The number of halogens is 1. The molecule has 0 saturated carbocycles. The molecule has 2 rings (SSSR count). The third-order valence-electron chi connectivity index (χ3n) is 4.18. The van der Waals surface area contributed by atoms with Crippen LogP contribution in [-0.4, -0.2) is 8.80 Å². The van der Waals surface area contributed by atoms with E-state index in [2.05, 4.69) is 97.2 Å². The molecule has 0 fully saturated rings. The van der Waals surface area contributed by atoms with Crippen LogP contribution in [-0.2, 0) is 0 Å². The van der Waals surface area contributed by atoms with Crippen molar-refractivity contribution in [2.75, 3.05) is 0 Å². The Bertz CT molecular complexity index is 691. The fraction of sp³-hybridized carbons (Fsp3) is 0.300. The highest BCUT2D eigenvalue weighted by atomic mass is 79.9. The Kier molecular flexibility index (Phi) is 5.67. The number of hydrogen-bond acceptors (Lipinski definition) is 0. The lowest BCUT2D eigenvalue weighted by molar-refractivity contribution is 0.683. The third kappa shape index (κ3) is 4.35. The van der Waals surface area contributed by atoms with Gasteiger partial charge in [-0.3, -0.25) is 0 Å². The molecule has 113 valence electrons. The Labute approximate surface area is 144 Å². The van der Waals surface area contributed by atoms with Crippen LogP contribution in [0.25, 0.3) is 11.1 Å². The molecule has 2 aromatic carbocycles. The Morgan fingerprint density at radius 3 is 2.27 bits per heavy atom. The fourth-order valence-corrected chi connectivity index (χ4v) is 2.88. The molecule has 0 bridgehead atoms. The van der Waals surface area contributed by atoms with Gasteiger partial charge in [-0.1, -0.05) is 75.2 Å². The summed E-state index contributed by atoms with van der Waals surface area (Å²) in [5, 5.41) is 0.355. The second-order valence-corrected chi connectivity index (χ2v) is 10.6. The summed E-state index contributed by atoms with van der Waals surface area (Å²) in [6, 6.07) is 16.8. The van der Waals surface area contributed by atoms with Gasteiger partial charge >= 0.3 is 0 Å². The Balaban J connectivity index is 2.18. The Morgan fingerprint density at radius 2 is 1.68 bits per heavy atom. The van der Waals surface area contributed by atoms with E-state index in [9.17, 15) is 0 Å². The van der Waals surface area contributed by atoms with Crippen LogP contribution >= 0.6 is 15.9 Å². The van der Waals surface area contributed by atoms with Gasteiger partial charge in [0.05, 0.1) is 0 Å². The predicted molar refractivity (Wildman–Crippen MR) is 103 cm³/mol. The largest absolute Gasteiger partial charge is 0.0976 e. The first-order valence-electron chi connectivity index (χ1n) is 7.54. The van der Waals surface area contributed by atoms with Gasteiger partial charge in [0, 0.05) is 25.3 Å². The van der Waals surface area contributed by atoms with Crippen molar-refractivity contribution in [3.63, 3.8) is 0 Å². The van der Waals surface area contributed by atoms with E-state index in [0.29, 0.717) is 5.04 Å². The molecule has 2 heteroatoms. The van der Waals surface area contributed by atoms with Crippen molar-refractivity contribution in [3.8, 4) is 23.0 Å². The van der Waals surface area contributed by atoms with Gasteiger partial charge in [-0.2, -0.15) is 0 Å². The van der Waals surface area contributed by atoms with E-state index < -0.39 is 0 Å². The first-order chi connectivity index (χ1) is 10.4. The Morgan fingerprint density at radius 1 is 1.00 bits per heavy atom. The van der Waals surface area contributed by atoms with Crippen LogP contribution in [0, 0.1) is 11.8 Å². The van der Waals surface area contributed by atoms with Crippen molar-refractivity contribution in [1.29, 1.82) is 0 Å². The SMILES string of the molecule is C[Si](C)C(C)(C)CC#Cc1ccc(-c2ccccc2)cc1Br. The minimum absolute atomic E-state index is 0.331. The lowest BCUT2D eigenvalue weighted by atomic mass is 10.0. The molecule has 0 atom stereocenters. The van der Waals surface area contributed by atoms with Crippen molar-refractivity contribution in [3.05, 3.63) is 58.6 Å². The summed E-state index contributed by atoms with van der Waals surface area (Å²) in [7, 11) is -0.331. The summed E-state index contributed by atoms with van der Waals surface area (Å²) < 4.78 is 1.07. The molecule has 0 N–H and O–H groups in total. The van der Waals surface area contributed by atoms with E-state index in [0.717, 1.165) is 16.5 Å². The molecular weight excluding hydrogens is 348 g/mol. The van der Waals surface area contributed by atoms with E-state index in [1.54, 1.807) is 0 Å². The van der Waals surface area contributed by atoms with Crippen LogP contribution in [0.1, 0.15) is 25.8 Å². The monoisotopic (exact) mass is 369 g/mol. The van der Waals surface area contributed by atoms with Crippen LogP contribution in [0.15, 0.2) is 53.0 Å². The van der Waals surface area contributed by atoms with Gasteiger partial charge in [-0.05, 0) is 44.2 Å². The molecule has 2 aromatic rings. The van der Waals surface area contributed by atoms with Crippen LogP contribution in [0.4, 0.5) is 0 Å². The molecule has 22 heavy (non-hydrogen) atoms. The summed E-state index contributed by atoms with van der Waals surface area (Å²) in [4.78, 5) is 0. The van der Waals surface area contributed by atoms with Gasteiger partial charge in [0.15, 0.2) is 0 Å².